The quantitative estimate of drug-likeness (QED) is 0.634. The summed E-state index contributed by atoms with van der Waals surface area (Å²) in [6.07, 6.45) is 7.01. The minimum absolute atomic E-state index is 0.000548. The predicted molar refractivity (Wildman–Crippen MR) is 107 cm³/mol. The van der Waals surface area contributed by atoms with Gasteiger partial charge >= 0.3 is 6.09 Å². The highest BCUT2D eigenvalue weighted by Gasteiger charge is 2.25. The number of piperidine rings is 1. The highest BCUT2D eigenvalue weighted by molar-refractivity contribution is 9.10. The van der Waals surface area contributed by atoms with Gasteiger partial charge in [-0.25, -0.2) is 9.78 Å². The summed E-state index contributed by atoms with van der Waals surface area (Å²) in [6.45, 7) is 0.846. The first-order valence-electron chi connectivity index (χ1n) is 8.96. The van der Waals surface area contributed by atoms with Crippen molar-refractivity contribution in [3.05, 3.63) is 41.3 Å². The van der Waals surface area contributed by atoms with Crippen molar-refractivity contribution in [2.45, 2.75) is 25.3 Å². The summed E-state index contributed by atoms with van der Waals surface area (Å²) in [7, 11) is 0. The Morgan fingerprint density at radius 3 is 3.07 bits per heavy atom. The van der Waals surface area contributed by atoms with Crippen molar-refractivity contribution in [2.24, 2.45) is 0 Å². The predicted octanol–water partition coefficient (Wildman–Crippen LogP) is 2.85. The molecule has 2 N–H and O–H groups in total. The van der Waals surface area contributed by atoms with E-state index in [0.717, 1.165) is 25.8 Å². The van der Waals surface area contributed by atoms with Gasteiger partial charge in [-0.2, -0.15) is 9.61 Å². The maximum Gasteiger partial charge on any atom is 0.418 e. The summed E-state index contributed by atoms with van der Waals surface area (Å²) in [6, 6.07) is 5.07. The minimum atomic E-state index is -0.657. The summed E-state index contributed by atoms with van der Waals surface area (Å²) in [5.41, 5.74) is 0.566. The maximum atomic E-state index is 12.4. The van der Waals surface area contributed by atoms with Crippen LogP contribution in [-0.2, 0) is 0 Å². The molecule has 1 fully saturated rings. The van der Waals surface area contributed by atoms with E-state index in [1.54, 1.807) is 30.6 Å². The molecular formula is C18H19BrN6O3. The lowest BCUT2D eigenvalue weighted by Gasteiger charge is -2.35. The molecule has 3 aromatic heterocycles. The van der Waals surface area contributed by atoms with Gasteiger partial charge in [-0.05, 0) is 47.3 Å². The normalized spacial score (nSPS) is 16.9. The van der Waals surface area contributed by atoms with E-state index in [0.29, 0.717) is 27.5 Å². The molecule has 4 rings (SSSR count). The fourth-order valence-corrected chi connectivity index (χ4v) is 3.64. The molecule has 0 aromatic carbocycles. The van der Waals surface area contributed by atoms with E-state index in [2.05, 4.69) is 41.2 Å². The van der Waals surface area contributed by atoms with Gasteiger partial charge in [-0.3, -0.25) is 10.3 Å². The Bertz CT molecular complexity index is 980. The zero-order valence-electron chi connectivity index (χ0n) is 15.0. The van der Waals surface area contributed by atoms with E-state index in [-0.39, 0.29) is 12.6 Å². The molecule has 0 saturated carbocycles. The molecule has 0 spiro atoms. The number of carbonyl (C=O) groups excluding carboxylic acids is 1. The number of aliphatic hydroxyl groups excluding tert-OH is 1. The van der Waals surface area contributed by atoms with Crippen molar-refractivity contribution in [3.63, 3.8) is 0 Å². The van der Waals surface area contributed by atoms with Gasteiger partial charge < -0.3 is 14.7 Å². The maximum absolute atomic E-state index is 12.4. The van der Waals surface area contributed by atoms with Gasteiger partial charge in [0.2, 0.25) is 0 Å². The zero-order valence-corrected chi connectivity index (χ0v) is 16.5. The SMILES string of the molecule is O=C(Nc1cc(N2CCCCC2CO)nc2c(Br)cnn12)Oc1cccnc1. The van der Waals surface area contributed by atoms with Crippen LogP contribution in [0.1, 0.15) is 19.3 Å². The van der Waals surface area contributed by atoms with Gasteiger partial charge in [-0.1, -0.05) is 0 Å². The molecule has 0 aliphatic carbocycles. The molecule has 3 aromatic rings. The van der Waals surface area contributed by atoms with Gasteiger partial charge in [0.25, 0.3) is 0 Å². The average molecular weight is 447 g/mol. The van der Waals surface area contributed by atoms with Crippen LogP contribution in [0.3, 0.4) is 0 Å². The van der Waals surface area contributed by atoms with E-state index in [4.69, 9.17) is 4.74 Å². The van der Waals surface area contributed by atoms with Gasteiger partial charge in [0.05, 0.1) is 29.5 Å². The summed E-state index contributed by atoms with van der Waals surface area (Å²) >= 11 is 3.45. The molecule has 1 saturated heterocycles. The Kier molecular flexibility index (Phi) is 5.40. The lowest BCUT2D eigenvalue weighted by molar-refractivity contribution is 0.215. The van der Waals surface area contributed by atoms with E-state index in [9.17, 15) is 9.90 Å². The minimum Gasteiger partial charge on any atom is -0.408 e. The van der Waals surface area contributed by atoms with Gasteiger partial charge in [0, 0.05) is 18.8 Å². The number of aliphatic hydroxyl groups is 1. The fourth-order valence-electron chi connectivity index (χ4n) is 3.30. The average Bonchev–Trinajstić information content (AvgIpc) is 3.10. The van der Waals surface area contributed by atoms with Crippen LogP contribution in [-0.4, -0.2) is 50.0 Å². The van der Waals surface area contributed by atoms with E-state index in [1.807, 2.05) is 0 Å². The van der Waals surface area contributed by atoms with Crippen LogP contribution < -0.4 is 15.0 Å². The van der Waals surface area contributed by atoms with Gasteiger partial charge in [0.15, 0.2) is 11.4 Å². The molecule has 10 heteroatoms. The molecule has 4 heterocycles. The highest BCUT2D eigenvalue weighted by atomic mass is 79.9. The zero-order chi connectivity index (χ0) is 19.5. The first-order chi connectivity index (χ1) is 13.7. The van der Waals surface area contributed by atoms with Crippen LogP contribution in [0.15, 0.2) is 41.3 Å². The Hall–Kier alpha value is -2.72. The van der Waals surface area contributed by atoms with Crippen molar-refractivity contribution in [3.8, 4) is 5.75 Å². The number of hydrogen-bond donors (Lipinski definition) is 2. The van der Waals surface area contributed by atoms with Crippen LogP contribution in [0.5, 0.6) is 5.75 Å². The molecule has 0 bridgehead atoms. The third-order valence-electron chi connectivity index (χ3n) is 4.62. The summed E-state index contributed by atoms with van der Waals surface area (Å²) < 4.78 is 7.49. The number of hydrogen-bond acceptors (Lipinski definition) is 7. The van der Waals surface area contributed by atoms with Crippen LogP contribution >= 0.6 is 15.9 Å². The fraction of sp³-hybridized carbons (Fsp3) is 0.333. The van der Waals surface area contributed by atoms with Crippen LogP contribution in [0.2, 0.25) is 0 Å². The molecule has 9 nitrogen and oxygen atoms in total. The number of carbonyl (C=O) groups is 1. The molecule has 0 radical (unpaired) electrons. The number of nitrogens with one attached hydrogen (secondary N) is 1. The number of fused-ring (bicyclic) bond motifs is 1. The standard InChI is InChI=1S/C18H19BrN6O3/c19-14-10-21-25-16(23-18(27)28-13-5-3-6-20-9-13)8-15(22-17(14)25)24-7-2-1-4-12(24)11-26/h3,5-6,8-10,12,26H,1-2,4,7,11H2,(H,23,27). The second-order valence-electron chi connectivity index (χ2n) is 6.46. The molecule has 1 atom stereocenters. The van der Waals surface area contributed by atoms with Gasteiger partial charge in [0.1, 0.15) is 11.6 Å². The Morgan fingerprint density at radius 2 is 2.29 bits per heavy atom. The van der Waals surface area contributed by atoms with Gasteiger partial charge in [-0.15, -0.1) is 0 Å². The number of nitrogens with zero attached hydrogens (tertiary/aromatic N) is 5. The van der Waals surface area contributed by atoms with E-state index in [1.165, 1.54) is 10.7 Å². The first kappa shape index (κ1) is 18.6. The number of amides is 1. The first-order valence-corrected chi connectivity index (χ1v) is 9.75. The second kappa shape index (κ2) is 8.11. The highest BCUT2D eigenvalue weighted by Crippen LogP contribution is 2.28. The van der Waals surface area contributed by atoms with Crippen molar-refractivity contribution < 1.29 is 14.6 Å². The Labute approximate surface area is 169 Å². The lowest BCUT2D eigenvalue weighted by Crippen LogP contribution is -2.42. The van der Waals surface area contributed by atoms with E-state index < -0.39 is 6.09 Å². The smallest absolute Gasteiger partial charge is 0.408 e. The lowest BCUT2D eigenvalue weighted by atomic mass is 10.0. The molecular weight excluding hydrogens is 428 g/mol. The van der Waals surface area contributed by atoms with Crippen molar-refractivity contribution in [1.29, 1.82) is 0 Å². The molecule has 1 aliphatic heterocycles. The monoisotopic (exact) mass is 446 g/mol. The van der Waals surface area contributed by atoms with E-state index >= 15 is 0 Å². The number of anilines is 2. The Balaban J connectivity index is 1.66. The Morgan fingerprint density at radius 1 is 1.39 bits per heavy atom. The number of ether oxygens (including phenoxy) is 1. The second-order valence-corrected chi connectivity index (χ2v) is 7.31. The largest absolute Gasteiger partial charge is 0.418 e. The number of pyridine rings is 1. The summed E-state index contributed by atoms with van der Waals surface area (Å²) in [5.74, 6) is 1.43. The summed E-state index contributed by atoms with van der Waals surface area (Å²) in [4.78, 5) is 23.0. The topological polar surface area (TPSA) is 105 Å². The van der Waals surface area contributed by atoms with Crippen LogP contribution in [0.4, 0.5) is 16.4 Å². The van der Waals surface area contributed by atoms with Crippen LogP contribution in [0.25, 0.3) is 5.65 Å². The third-order valence-corrected chi connectivity index (χ3v) is 5.18. The molecule has 1 unspecified atom stereocenters. The molecule has 28 heavy (non-hydrogen) atoms. The van der Waals surface area contributed by atoms with Crippen molar-refractivity contribution in [2.75, 3.05) is 23.4 Å². The summed E-state index contributed by atoms with van der Waals surface area (Å²) in [5, 5.41) is 16.7. The number of halogens is 1. The number of rotatable bonds is 4. The molecule has 1 amide bonds. The third kappa shape index (κ3) is 3.78. The molecule has 1 aliphatic rings. The van der Waals surface area contributed by atoms with Crippen molar-refractivity contribution in [1.82, 2.24) is 19.6 Å². The number of aromatic nitrogens is 4. The molecule has 146 valence electrons. The van der Waals surface area contributed by atoms with Crippen LogP contribution in [0, 0.1) is 0 Å². The van der Waals surface area contributed by atoms with Crippen molar-refractivity contribution >= 4 is 39.3 Å².